The molecule has 2 amide bonds. The molecule has 11 heteroatoms. The summed E-state index contributed by atoms with van der Waals surface area (Å²) in [5.41, 5.74) is 1.90. The lowest BCUT2D eigenvalue weighted by molar-refractivity contribution is 0.208. The topological polar surface area (TPSA) is 101 Å². The van der Waals surface area contributed by atoms with Crippen LogP contribution in [0, 0.1) is 12.7 Å². The Hall–Kier alpha value is -2.37. The fourth-order valence-electron chi connectivity index (χ4n) is 2.83. The SMILES string of the molecule is Cc1nsc(NC(=O)N2CCC(=Cc3ccc(COS(C)(=O)=O)cc3F)CC2)n1. The van der Waals surface area contributed by atoms with Crippen LogP contribution in [0.2, 0.25) is 0 Å². The number of hydrogen-bond acceptors (Lipinski definition) is 7. The first kappa shape index (κ1) is 21.3. The molecule has 0 atom stereocenters. The maximum absolute atomic E-state index is 14.3. The van der Waals surface area contributed by atoms with Gasteiger partial charge in [0.05, 0.1) is 12.9 Å². The average molecular weight is 441 g/mol. The molecule has 1 saturated heterocycles. The first-order valence-corrected chi connectivity index (χ1v) is 11.5. The molecule has 0 unspecified atom stereocenters. The molecule has 0 bridgehead atoms. The molecule has 2 heterocycles. The second kappa shape index (κ2) is 8.97. The molecule has 8 nitrogen and oxygen atoms in total. The lowest BCUT2D eigenvalue weighted by Gasteiger charge is -2.28. The standard InChI is InChI=1S/C18H21FN4O4S2/c1-12-20-17(28-22-12)21-18(24)23-7-5-13(6-8-23)9-15-4-3-14(10-16(15)19)11-27-29(2,25)26/h3-4,9-10H,5-8,11H2,1-2H3,(H,20,21,22,24). The summed E-state index contributed by atoms with van der Waals surface area (Å²) >= 11 is 1.14. The van der Waals surface area contributed by atoms with E-state index in [1.54, 1.807) is 30.0 Å². The van der Waals surface area contributed by atoms with Gasteiger partial charge in [0.25, 0.3) is 10.1 Å². The molecule has 156 valence electrons. The average Bonchev–Trinajstić information content (AvgIpc) is 3.06. The monoisotopic (exact) mass is 440 g/mol. The van der Waals surface area contributed by atoms with Crippen molar-refractivity contribution in [2.45, 2.75) is 26.4 Å². The second-order valence-electron chi connectivity index (χ2n) is 6.69. The van der Waals surface area contributed by atoms with Crippen LogP contribution < -0.4 is 5.32 Å². The van der Waals surface area contributed by atoms with Gasteiger partial charge < -0.3 is 4.90 Å². The normalized spacial score (nSPS) is 14.7. The number of likely N-dealkylation sites (tertiary alicyclic amines) is 1. The number of nitrogens with zero attached hydrogens (tertiary/aromatic N) is 3. The van der Waals surface area contributed by atoms with Crippen LogP contribution in [0.15, 0.2) is 23.8 Å². The number of carbonyl (C=O) groups is 1. The Bertz CT molecular complexity index is 1030. The molecule has 1 aromatic carbocycles. The van der Waals surface area contributed by atoms with Crippen LogP contribution in [0.1, 0.15) is 29.8 Å². The molecule has 3 rings (SSSR count). The predicted octanol–water partition coefficient (Wildman–Crippen LogP) is 3.17. The molecule has 1 fully saturated rings. The molecule has 0 saturated carbocycles. The molecule has 1 aromatic heterocycles. The van der Waals surface area contributed by atoms with Crippen molar-refractivity contribution in [2.24, 2.45) is 0 Å². The number of carbonyl (C=O) groups excluding carboxylic acids is 1. The van der Waals surface area contributed by atoms with Crippen molar-refractivity contribution >= 4 is 38.9 Å². The third-order valence-corrected chi connectivity index (χ3v) is 5.57. The number of rotatable bonds is 5. The molecular formula is C18H21FN4O4S2. The summed E-state index contributed by atoms with van der Waals surface area (Å²) in [6.45, 7) is 2.61. The van der Waals surface area contributed by atoms with Crippen molar-refractivity contribution in [1.29, 1.82) is 0 Å². The molecule has 1 aliphatic rings. The number of benzene rings is 1. The Kier molecular flexibility index (Phi) is 6.60. The Labute approximate surface area is 172 Å². The molecule has 0 spiro atoms. The summed E-state index contributed by atoms with van der Waals surface area (Å²) in [6.07, 6.45) is 4.01. The van der Waals surface area contributed by atoms with Gasteiger partial charge in [0, 0.05) is 30.2 Å². The second-order valence-corrected chi connectivity index (χ2v) is 9.08. The van der Waals surface area contributed by atoms with Crippen LogP contribution >= 0.6 is 11.5 Å². The fraction of sp³-hybridized carbons (Fsp3) is 0.389. The number of nitrogens with one attached hydrogen (secondary N) is 1. The Morgan fingerprint density at radius 3 is 2.69 bits per heavy atom. The quantitative estimate of drug-likeness (QED) is 0.717. The Balaban J connectivity index is 1.56. The van der Waals surface area contributed by atoms with Crippen molar-refractivity contribution in [2.75, 3.05) is 24.7 Å². The molecule has 0 radical (unpaired) electrons. The fourth-order valence-corrected chi connectivity index (χ4v) is 3.75. The molecular weight excluding hydrogens is 419 g/mol. The highest BCUT2D eigenvalue weighted by molar-refractivity contribution is 7.85. The van der Waals surface area contributed by atoms with E-state index in [0.29, 0.717) is 48.0 Å². The van der Waals surface area contributed by atoms with E-state index < -0.39 is 15.9 Å². The lowest BCUT2D eigenvalue weighted by atomic mass is 10.0. The van der Waals surface area contributed by atoms with Crippen molar-refractivity contribution in [3.05, 3.63) is 46.5 Å². The maximum Gasteiger partial charge on any atom is 0.323 e. The van der Waals surface area contributed by atoms with Crippen molar-refractivity contribution < 1.29 is 21.8 Å². The summed E-state index contributed by atoms with van der Waals surface area (Å²) in [4.78, 5) is 18.1. The van der Waals surface area contributed by atoms with Gasteiger partial charge in [-0.25, -0.2) is 14.2 Å². The minimum absolute atomic E-state index is 0.204. The summed E-state index contributed by atoms with van der Waals surface area (Å²) in [7, 11) is -3.58. The highest BCUT2D eigenvalue weighted by Crippen LogP contribution is 2.22. The summed E-state index contributed by atoms with van der Waals surface area (Å²) in [5.74, 6) is 0.170. The zero-order chi connectivity index (χ0) is 21.0. The van der Waals surface area contributed by atoms with Gasteiger partial charge in [-0.05, 0) is 31.4 Å². The predicted molar refractivity (Wildman–Crippen MR) is 108 cm³/mol. The maximum atomic E-state index is 14.3. The minimum atomic E-state index is -3.58. The molecule has 1 aliphatic heterocycles. The van der Waals surface area contributed by atoms with Crippen molar-refractivity contribution in [3.8, 4) is 0 Å². The number of piperidine rings is 1. The number of amides is 2. The van der Waals surface area contributed by atoms with Gasteiger partial charge >= 0.3 is 6.03 Å². The highest BCUT2D eigenvalue weighted by atomic mass is 32.2. The van der Waals surface area contributed by atoms with Crippen LogP contribution in [0.4, 0.5) is 14.3 Å². The van der Waals surface area contributed by atoms with Gasteiger partial charge in [-0.2, -0.15) is 12.8 Å². The van der Waals surface area contributed by atoms with Gasteiger partial charge in [-0.3, -0.25) is 9.50 Å². The van der Waals surface area contributed by atoms with E-state index in [0.717, 1.165) is 23.4 Å². The smallest absolute Gasteiger partial charge is 0.323 e. The Morgan fingerprint density at radius 1 is 1.38 bits per heavy atom. The van der Waals surface area contributed by atoms with E-state index in [1.165, 1.54) is 6.07 Å². The van der Waals surface area contributed by atoms with E-state index in [9.17, 15) is 17.6 Å². The summed E-state index contributed by atoms with van der Waals surface area (Å²) in [6, 6.07) is 4.28. The van der Waals surface area contributed by atoms with Gasteiger partial charge in [0.2, 0.25) is 5.13 Å². The van der Waals surface area contributed by atoms with Gasteiger partial charge in [0.1, 0.15) is 11.6 Å². The third kappa shape index (κ3) is 6.31. The van der Waals surface area contributed by atoms with E-state index in [-0.39, 0.29) is 12.6 Å². The van der Waals surface area contributed by atoms with Crippen LogP contribution in [0.3, 0.4) is 0 Å². The van der Waals surface area contributed by atoms with E-state index in [1.807, 2.05) is 0 Å². The molecule has 1 N–H and O–H groups in total. The lowest BCUT2D eigenvalue weighted by Crippen LogP contribution is -2.39. The first-order valence-electron chi connectivity index (χ1n) is 8.88. The van der Waals surface area contributed by atoms with Crippen LogP contribution in [0.5, 0.6) is 0 Å². The number of aromatic nitrogens is 2. The molecule has 29 heavy (non-hydrogen) atoms. The highest BCUT2D eigenvalue weighted by Gasteiger charge is 2.20. The number of halogens is 1. The Morgan fingerprint density at radius 2 is 2.10 bits per heavy atom. The van der Waals surface area contributed by atoms with E-state index >= 15 is 0 Å². The van der Waals surface area contributed by atoms with Crippen LogP contribution in [0.25, 0.3) is 6.08 Å². The van der Waals surface area contributed by atoms with E-state index in [2.05, 4.69) is 18.9 Å². The third-order valence-electron chi connectivity index (χ3n) is 4.30. The summed E-state index contributed by atoms with van der Waals surface area (Å²) in [5, 5.41) is 3.20. The van der Waals surface area contributed by atoms with Gasteiger partial charge in [0.15, 0.2) is 0 Å². The molecule has 0 aliphatic carbocycles. The zero-order valence-corrected chi connectivity index (χ0v) is 17.6. The first-order chi connectivity index (χ1) is 13.7. The van der Waals surface area contributed by atoms with Crippen LogP contribution in [-0.4, -0.2) is 48.1 Å². The van der Waals surface area contributed by atoms with Gasteiger partial charge in [-0.1, -0.05) is 23.8 Å². The van der Waals surface area contributed by atoms with Crippen molar-refractivity contribution in [1.82, 2.24) is 14.3 Å². The van der Waals surface area contributed by atoms with Gasteiger partial charge in [-0.15, -0.1) is 0 Å². The number of aryl methyl sites for hydroxylation is 1. The number of hydrogen-bond donors (Lipinski definition) is 1. The van der Waals surface area contributed by atoms with Crippen LogP contribution in [-0.2, 0) is 20.9 Å². The van der Waals surface area contributed by atoms with Crippen molar-refractivity contribution in [3.63, 3.8) is 0 Å². The number of urea groups is 1. The number of anilines is 1. The largest absolute Gasteiger partial charge is 0.324 e. The van der Waals surface area contributed by atoms with E-state index in [4.69, 9.17) is 0 Å². The zero-order valence-electron chi connectivity index (χ0n) is 16.0. The molecule has 2 aromatic rings. The minimum Gasteiger partial charge on any atom is -0.324 e. The summed E-state index contributed by atoms with van der Waals surface area (Å²) < 4.78 is 45.1.